The van der Waals surface area contributed by atoms with Gasteiger partial charge in [-0.15, -0.1) is 0 Å². The molecule has 4 heteroatoms. The van der Waals surface area contributed by atoms with Gasteiger partial charge in [0.2, 0.25) is 0 Å². The summed E-state index contributed by atoms with van der Waals surface area (Å²) in [6.07, 6.45) is 0. The van der Waals surface area contributed by atoms with Crippen LogP contribution in [0.1, 0.15) is 40.2 Å². The van der Waals surface area contributed by atoms with Gasteiger partial charge in [0.1, 0.15) is 5.54 Å². The summed E-state index contributed by atoms with van der Waals surface area (Å²) in [6, 6.07) is 9.66. The highest BCUT2D eigenvalue weighted by atomic mass is 16.7. The monoisotopic (exact) mass is 276 g/mol. The van der Waals surface area contributed by atoms with Crippen LogP contribution < -0.4 is 0 Å². The van der Waals surface area contributed by atoms with Crippen LogP contribution >= 0.6 is 0 Å². The summed E-state index contributed by atoms with van der Waals surface area (Å²) in [7, 11) is 0. The lowest BCUT2D eigenvalue weighted by atomic mass is 10.0. The van der Waals surface area contributed by atoms with E-state index in [9.17, 15) is 4.79 Å². The molecule has 1 rings (SSSR count). The van der Waals surface area contributed by atoms with Crippen LogP contribution in [0.5, 0.6) is 0 Å². The van der Waals surface area contributed by atoms with Crippen molar-refractivity contribution in [3.63, 3.8) is 0 Å². The molecular formula is C16H24N2O2. The lowest BCUT2D eigenvalue weighted by Crippen LogP contribution is -2.50. The summed E-state index contributed by atoms with van der Waals surface area (Å²) in [5.74, 6) is -0.337. The highest BCUT2D eigenvalue weighted by molar-refractivity contribution is 5.98. The van der Waals surface area contributed by atoms with Crippen molar-refractivity contribution in [2.45, 2.75) is 40.2 Å². The first kappa shape index (κ1) is 16.4. The van der Waals surface area contributed by atoms with E-state index in [1.54, 1.807) is 0 Å². The standard InChI is InChI=1S/C16H24N2O2/c1-6-18(7-2)16(4,5)15(19)20-17-13(3)14-11-9-8-10-12-14/h8-12H,6-7H2,1-5H3/b17-13+. The molecule has 0 aliphatic carbocycles. The second-order valence-electron chi connectivity index (χ2n) is 5.15. The molecule has 0 unspecified atom stereocenters. The Morgan fingerprint density at radius 3 is 2.25 bits per heavy atom. The van der Waals surface area contributed by atoms with Crippen molar-refractivity contribution in [2.75, 3.05) is 13.1 Å². The fraction of sp³-hybridized carbons (Fsp3) is 0.500. The minimum atomic E-state index is -0.677. The average Bonchev–Trinajstić information content (AvgIpc) is 2.46. The van der Waals surface area contributed by atoms with E-state index in [0.717, 1.165) is 18.7 Å². The average molecular weight is 276 g/mol. The lowest BCUT2D eigenvalue weighted by Gasteiger charge is -2.33. The molecule has 0 atom stereocenters. The van der Waals surface area contributed by atoms with E-state index >= 15 is 0 Å². The van der Waals surface area contributed by atoms with E-state index in [0.29, 0.717) is 5.71 Å². The molecule has 0 N–H and O–H groups in total. The first-order valence-corrected chi connectivity index (χ1v) is 7.00. The number of hydrogen-bond donors (Lipinski definition) is 0. The summed E-state index contributed by atoms with van der Waals surface area (Å²) in [5, 5.41) is 3.95. The van der Waals surface area contributed by atoms with Crippen LogP contribution in [-0.2, 0) is 9.63 Å². The van der Waals surface area contributed by atoms with Crippen LogP contribution in [0.4, 0.5) is 0 Å². The number of carbonyl (C=O) groups is 1. The molecule has 0 spiro atoms. The van der Waals surface area contributed by atoms with Gasteiger partial charge in [-0.05, 0) is 39.4 Å². The molecule has 20 heavy (non-hydrogen) atoms. The fourth-order valence-corrected chi connectivity index (χ4v) is 2.10. The molecule has 0 fully saturated rings. The summed E-state index contributed by atoms with van der Waals surface area (Å²) in [5.41, 5.74) is 0.958. The second kappa shape index (κ2) is 7.20. The lowest BCUT2D eigenvalue weighted by molar-refractivity contribution is -0.156. The molecule has 1 aromatic carbocycles. The highest BCUT2D eigenvalue weighted by Crippen LogP contribution is 2.16. The third-order valence-corrected chi connectivity index (χ3v) is 3.51. The Hall–Kier alpha value is -1.68. The van der Waals surface area contributed by atoms with Crippen LogP contribution in [0.2, 0.25) is 0 Å². The van der Waals surface area contributed by atoms with E-state index < -0.39 is 5.54 Å². The first-order valence-electron chi connectivity index (χ1n) is 7.00. The molecule has 4 nitrogen and oxygen atoms in total. The van der Waals surface area contributed by atoms with Gasteiger partial charge in [-0.25, -0.2) is 4.79 Å². The number of carbonyl (C=O) groups excluding carboxylic acids is 1. The van der Waals surface area contributed by atoms with Crippen LogP contribution in [0.25, 0.3) is 0 Å². The highest BCUT2D eigenvalue weighted by Gasteiger charge is 2.35. The first-order chi connectivity index (χ1) is 9.43. The van der Waals surface area contributed by atoms with Gasteiger partial charge in [0, 0.05) is 0 Å². The summed E-state index contributed by atoms with van der Waals surface area (Å²) >= 11 is 0. The molecule has 0 heterocycles. The van der Waals surface area contributed by atoms with E-state index in [2.05, 4.69) is 5.16 Å². The van der Waals surface area contributed by atoms with Crippen molar-refractivity contribution in [2.24, 2.45) is 5.16 Å². The zero-order valence-electron chi connectivity index (χ0n) is 13.0. The topological polar surface area (TPSA) is 41.9 Å². The molecule has 0 aliphatic rings. The second-order valence-corrected chi connectivity index (χ2v) is 5.15. The Morgan fingerprint density at radius 2 is 1.75 bits per heavy atom. The quantitative estimate of drug-likeness (QED) is 0.455. The fourth-order valence-electron chi connectivity index (χ4n) is 2.10. The van der Waals surface area contributed by atoms with E-state index in [-0.39, 0.29) is 5.97 Å². The number of nitrogens with zero attached hydrogens (tertiary/aromatic N) is 2. The molecule has 0 aliphatic heterocycles. The van der Waals surface area contributed by atoms with E-state index in [1.165, 1.54) is 0 Å². The molecule has 0 amide bonds. The van der Waals surface area contributed by atoms with Crippen molar-refractivity contribution in [1.29, 1.82) is 0 Å². The Kier molecular flexibility index (Phi) is 5.89. The summed E-state index contributed by atoms with van der Waals surface area (Å²) in [6.45, 7) is 11.2. The molecule has 0 bridgehead atoms. The van der Waals surface area contributed by atoms with Gasteiger partial charge >= 0.3 is 5.97 Å². The number of hydrogen-bond acceptors (Lipinski definition) is 4. The maximum absolute atomic E-state index is 12.2. The van der Waals surface area contributed by atoms with Gasteiger partial charge in [0.15, 0.2) is 0 Å². The van der Waals surface area contributed by atoms with E-state index in [4.69, 9.17) is 4.84 Å². The Balaban J connectivity index is 2.76. The molecule has 0 saturated heterocycles. The Morgan fingerprint density at radius 1 is 1.20 bits per heavy atom. The van der Waals surface area contributed by atoms with Crippen molar-refractivity contribution in [1.82, 2.24) is 4.90 Å². The molecule has 110 valence electrons. The van der Waals surface area contributed by atoms with Gasteiger partial charge in [0.05, 0.1) is 5.71 Å². The van der Waals surface area contributed by atoms with Crippen molar-refractivity contribution in [3.05, 3.63) is 35.9 Å². The number of oxime groups is 1. The molecule has 1 aromatic rings. The Bertz CT molecular complexity index is 463. The van der Waals surface area contributed by atoms with E-state index in [1.807, 2.05) is 69.9 Å². The van der Waals surface area contributed by atoms with Crippen LogP contribution in [0.3, 0.4) is 0 Å². The van der Waals surface area contributed by atoms with Crippen molar-refractivity contribution >= 4 is 11.7 Å². The zero-order valence-corrected chi connectivity index (χ0v) is 13.0. The van der Waals surface area contributed by atoms with Crippen LogP contribution in [-0.4, -0.2) is 35.2 Å². The summed E-state index contributed by atoms with van der Waals surface area (Å²) < 4.78 is 0. The minimum absolute atomic E-state index is 0.337. The third-order valence-electron chi connectivity index (χ3n) is 3.51. The molecule has 0 radical (unpaired) electrons. The van der Waals surface area contributed by atoms with Crippen LogP contribution in [0, 0.1) is 0 Å². The van der Waals surface area contributed by atoms with Gasteiger partial charge in [-0.1, -0.05) is 49.3 Å². The third kappa shape index (κ3) is 3.90. The number of benzene rings is 1. The van der Waals surface area contributed by atoms with Crippen molar-refractivity contribution < 1.29 is 9.63 Å². The number of rotatable bonds is 6. The SMILES string of the molecule is CCN(CC)C(C)(C)C(=O)O/N=C(\C)c1ccccc1. The molecule has 0 saturated carbocycles. The van der Waals surface area contributed by atoms with Crippen LogP contribution in [0.15, 0.2) is 35.5 Å². The van der Waals surface area contributed by atoms with Gasteiger partial charge < -0.3 is 4.84 Å². The largest absolute Gasteiger partial charge is 0.354 e. The van der Waals surface area contributed by atoms with Gasteiger partial charge in [0.25, 0.3) is 0 Å². The molecular weight excluding hydrogens is 252 g/mol. The predicted octanol–water partition coefficient (Wildman–Crippen LogP) is 3.07. The maximum atomic E-state index is 12.2. The molecule has 0 aromatic heterocycles. The summed E-state index contributed by atoms with van der Waals surface area (Å²) in [4.78, 5) is 19.3. The smallest absolute Gasteiger partial charge is 0.316 e. The van der Waals surface area contributed by atoms with Crippen molar-refractivity contribution in [3.8, 4) is 0 Å². The van der Waals surface area contributed by atoms with Gasteiger partial charge in [-0.2, -0.15) is 0 Å². The zero-order chi connectivity index (χ0) is 15.2. The maximum Gasteiger partial charge on any atom is 0.354 e. The number of likely N-dealkylation sites (N-methyl/N-ethyl adjacent to an activating group) is 1. The Labute approximate surface area is 121 Å². The normalized spacial score (nSPS) is 12.6. The minimum Gasteiger partial charge on any atom is -0.316 e. The predicted molar refractivity (Wildman–Crippen MR) is 81.7 cm³/mol. The van der Waals surface area contributed by atoms with Gasteiger partial charge in [-0.3, -0.25) is 4.90 Å².